The van der Waals surface area contributed by atoms with Crippen molar-refractivity contribution in [3.8, 4) is 0 Å². The van der Waals surface area contributed by atoms with E-state index in [4.69, 9.17) is 0 Å². The second-order valence-corrected chi connectivity index (χ2v) is 6.85. The maximum absolute atomic E-state index is 11.2. The number of nitrogens with zero attached hydrogens (tertiary/aromatic N) is 1. The van der Waals surface area contributed by atoms with E-state index >= 15 is 0 Å². The minimum absolute atomic E-state index is 0.152. The monoisotopic (exact) mass is 333 g/mol. The first-order valence-corrected chi connectivity index (χ1v) is 6.38. The van der Waals surface area contributed by atoms with Crippen LogP contribution in [0.15, 0.2) is 12.3 Å². The number of hydrogen-bond donors (Lipinski definition) is 1. The van der Waals surface area contributed by atoms with Crippen molar-refractivity contribution in [2.45, 2.75) is 33.7 Å². The first kappa shape index (κ1) is 12.0. The van der Waals surface area contributed by atoms with Crippen LogP contribution in [-0.2, 0) is 0 Å². The fourth-order valence-electron chi connectivity index (χ4n) is 2.69. The van der Waals surface area contributed by atoms with Crippen molar-refractivity contribution >= 4 is 28.6 Å². The van der Waals surface area contributed by atoms with Crippen molar-refractivity contribution in [3.05, 3.63) is 21.5 Å². The maximum atomic E-state index is 11.2. The lowest BCUT2D eigenvalue weighted by Crippen LogP contribution is -2.09. The molecule has 1 aliphatic carbocycles. The average Bonchev–Trinajstić information content (AvgIpc) is 2.43. The van der Waals surface area contributed by atoms with Crippen LogP contribution in [-0.4, -0.2) is 15.6 Å². The highest BCUT2D eigenvalue weighted by molar-refractivity contribution is 14.1. The van der Waals surface area contributed by atoms with Crippen LogP contribution in [0.25, 0.3) is 0 Å². The molecule has 1 saturated carbocycles. The van der Waals surface area contributed by atoms with Crippen molar-refractivity contribution in [3.63, 3.8) is 0 Å². The summed E-state index contributed by atoms with van der Waals surface area (Å²) in [7, 11) is 0. The van der Waals surface area contributed by atoms with Crippen molar-refractivity contribution in [1.29, 1.82) is 0 Å². The van der Waals surface area contributed by atoms with Gasteiger partial charge in [0.15, 0.2) is 0 Å². The Morgan fingerprint density at radius 3 is 2.25 bits per heavy atom. The standard InChI is InChI=1S/C12H16INO2/c1-11(2)10(12(11,3)4)14-6-7(13)5-8(14)9(15)16/h5-6,10H,1-4H3,(H,15,16). The van der Waals surface area contributed by atoms with Gasteiger partial charge in [0, 0.05) is 15.8 Å². The average molecular weight is 333 g/mol. The maximum Gasteiger partial charge on any atom is 0.352 e. The summed E-state index contributed by atoms with van der Waals surface area (Å²) in [5, 5.41) is 9.17. The molecule has 3 nitrogen and oxygen atoms in total. The van der Waals surface area contributed by atoms with Crippen LogP contribution in [0.3, 0.4) is 0 Å². The second-order valence-electron chi connectivity index (χ2n) is 5.60. The quantitative estimate of drug-likeness (QED) is 0.843. The molecule has 0 atom stereocenters. The molecule has 4 heteroatoms. The zero-order valence-electron chi connectivity index (χ0n) is 9.91. The molecule has 88 valence electrons. The van der Waals surface area contributed by atoms with Gasteiger partial charge in [0.1, 0.15) is 5.69 Å². The fraction of sp³-hybridized carbons (Fsp3) is 0.583. The molecule has 0 radical (unpaired) electrons. The third-order valence-electron chi connectivity index (χ3n) is 4.26. The van der Waals surface area contributed by atoms with Gasteiger partial charge in [0.05, 0.1) is 0 Å². The summed E-state index contributed by atoms with van der Waals surface area (Å²) in [6, 6.07) is 2.00. The van der Waals surface area contributed by atoms with Crippen molar-refractivity contribution < 1.29 is 9.90 Å². The predicted molar refractivity (Wildman–Crippen MR) is 70.7 cm³/mol. The van der Waals surface area contributed by atoms with Crippen LogP contribution < -0.4 is 0 Å². The molecule has 0 saturated heterocycles. The van der Waals surface area contributed by atoms with Crippen LogP contribution in [0.1, 0.15) is 44.2 Å². The summed E-state index contributed by atoms with van der Waals surface area (Å²) in [6.07, 6.45) is 1.94. The summed E-state index contributed by atoms with van der Waals surface area (Å²) in [5.41, 5.74) is 0.701. The number of carbonyl (C=O) groups is 1. The number of aromatic carboxylic acids is 1. The topological polar surface area (TPSA) is 42.2 Å². The van der Waals surface area contributed by atoms with Gasteiger partial charge in [-0.2, -0.15) is 0 Å². The molecule has 16 heavy (non-hydrogen) atoms. The highest BCUT2D eigenvalue weighted by Crippen LogP contribution is 2.71. The van der Waals surface area contributed by atoms with E-state index in [0.29, 0.717) is 5.69 Å². The number of aromatic nitrogens is 1. The van der Waals surface area contributed by atoms with E-state index in [9.17, 15) is 9.90 Å². The Balaban J connectivity index is 2.48. The first-order chi connectivity index (χ1) is 7.19. The van der Waals surface area contributed by atoms with E-state index in [-0.39, 0.29) is 16.9 Å². The molecular weight excluding hydrogens is 317 g/mol. The summed E-state index contributed by atoms with van der Waals surface area (Å²) in [5.74, 6) is -0.846. The van der Waals surface area contributed by atoms with Gasteiger partial charge in [-0.05, 0) is 39.5 Å². The van der Waals surface area contributed by atoms with Crippen molar-refractivity contribution in [2.75, 3.05) is 0 Å². The molecule has 1 aliphatic rings. The van der Waals surface area contributed by atoms with Crippen LogP contribution in [0.5, 0.6) is 0 Å². The Morgan fingerprint density at radius 2 is 1.88 bits per heavy atom. The molecule has 0 aliphatic heterocycles. The van der Waals surface area contributed by atoms with E-state index < -0.39 is 5.97 Å². The molecule has 1 aromatic rings. The van der Waals surface area contributed by atoms with Crippen molar-refractivity contribution in [1.82, 2.24) is 4.57 Å². The Labute approximate surface area is 109 Å². The lowest BCUT2D eigenvalue weighted by atomic mass is 10.0. The van der Waals surface area contributed by atoms with E-state index in [2.05, 4.69) is 50.3 Å². The molecule has 2 rings (SSSR count). The summed E-state index contributed by atoms with van der Waals surface area (Å²) in [4.78, 5) is 11.2. The SMILES string of the molecule is CC1(C)C(n2cc(I)cc2C(=O)O)C1(C)C. The Bertz CT molecular complexity index is 446. The number of hydrogen-bond acceptors (Lipinski definition) is 1. The van der Waals surface area contributed by atoms with Gasteiger partial charge in [0.2, 0.25) is 0 Å². The third kappa shape index (κ3) is 1.42. The molecule has 0 aromatic carbocycles. The van der Waals surface area contributed by atoms with Gasteiger partial charge in [-0.25, -0.2) is 4.79 Å². The lowest BCUT2D eigenvalue weighted by molar-refractivity contribution is 0.0684. The highest BCUT2D eigenvalue weighted by atomic mass is 127. The van der Waals surface area contributed by atoms with E-state index in [0.717, 1.165) is 3.57 Å². The zero-order valence-corrected chi connectivity index (χ0v) is 12.1. The van der Waals surface area contributed by atoms with Gasteiger partial charge in [-0.1, -0.05) is 27.7 Å². The lowest BCUT2D eigenvalue weighted by Gasteiger charge is -2.07. The van der Waals surface area contributed by atoms with Crippen LogP contribution in [0.2, 0.25) is 0 Å². The smallest absolute Gasteiger partial charge is 0.352 e. The molecule has 0 bridgehead atoms. The second kappa shape index (κ2) is 3.24. The van der Waals surface area contributed by atoms with Crippen LogP contribution in [0, 0.1) is 14.4 Å². The molecule has 1 heterocycles. The Kier molecular flexibility index (Phi) is 2.42. The summed E-state index contributed by atoms with van der Waals surface area (Å²) in [6.45, 7) is 8.76. The number of carboxylic acid groups (broad SMARTS) is 1. The van der Waals surface area contributed by atoms with Gasteiger partial charge in [0.25, 0.3) is 0 Å². The number of halogens is 1. The Hall–Kier alpha value is -0.520. The fourth-order valence-corrected chi connectivity index (χ4v) is 3.28. The Morgan fingerprint density at radius 1 is 1.38 bits per heavy atom. The molecule has 0 spiro atoms. The van der Waals surface area contributed by atoms with Crippen LogP contribution in [0.4, 0.5) is 0 Å². The van der Waals surface area contributed by atoms with Gasteiger partial charge in [-0.15, -0.1) is 0 Å². The van der Waals surface area contributed by atoms with Crippen LogP contribution >= 0.6 is 22.6 Å². The molecule has 1 aromatic heterocycles. The minimum atomic E-state index is -0.846. The molecular formula is C12H16INO2. The predicted octanol–water partition coefficient (Wildman–Crippen LogP) is 3.40. The van der Waals surface area contributed by atoms with Gasteiger partial charge in [-0.3, -0.25) is 0 Å². The summed E-state index contributed by atoms with van der Waals surface area (Å²) < 4.78 is 2.90. The molecule has 1 fully saturated rings. The number of carboxylic acids is 1. The van der Waals surface area contributed by atoms with Gasteiger partial charge < -0.3 is 9.67 Å². The van der Waals surface area contributed by atoms with Gasteiger partial charge >= 0.3 is 5.97 Å². The van der Waals surface area contributed by atoms with E-state index in [1.807, 2.05) is 10.8 Å². The van der Waals surface area contributed by atoms with Crippen molar-refractivity contribution in [2.24, 2.45) is 10.8 Å². The summed E-state index contributed by atoms with van der Waals surface area (Å²) >= 11 is 2.16. The molecule has 0 unspecified atom stereocenters. The first-order valence-electron chi connectivity index (χ1n) is 5.30. The zero-order chi connectivity index (χ0) is 12.3. The third-order valence-corrected chi connectivity index (χ3v) is 4.85. The largest absolute Gasteiger partial charge is 0.477 e. The minimum Gasteiger partial charge on any atom is -0.477 e. The molecule has 0 amide bonds. The normalized spacial score (nSPS) is 22.1. The number of rotatable bonds is 2. The molecule has 1 N–H and O–H groups in total. The van der Waals surface area contributed by atoms with E-state index in [1.54, 1.807) is 6.07 Å². The highest BCUT2D eigenvalue weighted by Gasteiger charge is 2.66. The van der Waals surface area contributed by atoms with E-state index in [1.165, 1.54) is 0 Å².